The smallest absolute Gasteiger partial charge is 0.229 e. The molecule has 94 valence electrons. The highest BCUT2D eigenvalue weighted by Crippen LogP contribution is 2.28. The van der Waals surface area contributed by atoms with Gasteiger partial charge in [0.25, 0.3) is 0 Å². The van der Waals surface area contributed by atoms with E-state index in [0.29, 0.717) is 17.0 Å². The van der Waals surface area contributed by atoms with Crippen molar-refractivity contribution in [1.82, 2.24) is 4.98 Å². The monoisotopic (exact) mass is 254 g/mol. The van der Waals surface area contributed by atoms with Gasteiger partial charge in [0.15, 0.2) is 5.76 Å². The Morgan fingerprint density at radius 3 is 2.58 bits per heavy atom. The van der Waals surface area contributed by atoms with Gasteiger partial charge in [0.2, 0.25) is 5.89 Å². The van der Waals surface area contributed by atoms with Crippen molar-refractivity contribution >= 4 is 5.69 Å². The molecule has 0 fully saturated rings. The van der Waals surface area contributed by atoms with Crippen molar-refractivity contribution in [3.05, 3.63) is 60.5 Å². The van der Waals surface area contributed by atoms with Gasteiger partial charge in [-0.3, -0.25) is 0 Å². The van der Waals surface area contributed by atoms with Crippen LogP contribution in [0.3, 0.4) is 0 Å². The molecule has 2 aromatic carbocycles. The standard InChI is InChI=1S/C15H11FN2O/c16-13-8-11(17)6-7-12(13)15-18-9-14(19-15)10-4-2-1-3-5-10/h1-9H,17H2. The summed E-state index contributed by atoms with van der Waals surface area (Å²) in [5.41, 5.74) is 7.08. The van der Waals surface area contributed by atoms with E-state index < -0.39 is 5.82 Å². The highest BCUT2D eigenvalue weighted by Gasteiger charge is 2.12. The molecule has 0 bridgehead atoms. The lowest BCUT2D eigenvalue weighted by atomic mass is 10.2. The lowest BCUT2D eigenvalue weighted by Crippen LogP contribution is -1.89. The van der Waals surface area contributed by atoms with Crippen molar-refractivity contribution in [2.75, 3.05) is 5.73 Å². The Hall–Kier alpha value is -2.62. The lowest BCUT2D eigenvalue weighted by molar-refractivity contribution is 0.573. The maximum atomic E-state index is 13.8. The quantitative estimate of drug-likeness (QED) is 0.709. The molecule has 0 aliphatic rings. The van der Waals surface area contributed by atoms with E-state index in [1.165, 1.54) is 6.07 Å². The molecule has 0 amide bonds. The molecule has 0 aliphatic heterocycles. The van der Waals surface area contributed by atoms with Crippen molar-refractivity contribution in [3.63, 3.8) is 0 Å². The molecule has 4 heteroatoms. The van der Waals surface area contributed by atoms with Gasteiger partial charge in [-0.1, -0.05) is 30.3 Å². The molecule has 1 aromatic heterocycles. The first-order chi connectivity index (χ1) is 9.24. The van der Waals surface area contributed by atoms with Gasteiger partial charge in [-0.15, -0.1) is 0 Å². The molecule has 1 heterocycles. The Balaban J connectivity index is 2.02. The first-order valence-corrected chi connectivity index (χ1v) is 5.81. The van der Waals surface area contributed by atoms with Gasteiger partial charge in [0, 0.05) is 11.3 Å². The van der Waals surface area contributed by atoms with Crippen LogP contribution < -0.4 is 5.73 Å². The number of rotatable bonds is 2. The molecular weight excluding hydrogens is 243 g/mol. The molecule has 19 heavy (non-hydrogen) atoms. The van der Waals surface area contributed by atoms with E-state index in [2.05, 4.69) is 4.98 Å². The van der Waals surface area contributed by atoms with Gasteiger partial charge < -0.3 is 10.2 Å². The SMILES string of the molecule is Nc1ccc(-c2ncc(-c3ccccc3)o2)c(F)c1. The molecule has 3 aromatic rings. The van der Waals surface area contributed by atoms with Crippen molar-refractivity contribution in [3.8, 4) is 22.8 Å². The third-order valence-corrected chi connectivity index (χ3v) is 2.79. The first-order valence-electron chi connectivity index (χ1n) is 5.81. The summed E-state index contributed by atoms with van der Waals surface area (Å²) in [4.78, 5) is 4.11. The van der Waals surface area contributed by atoms with Crippen LogP contribution in [0.5, 0.6) is 0 Å². The topological polar surface area (TPSA) is 52.0 Å². The third kappa shape index (κ3) is 2.20. The highest BCUT2D eigenvalue weighted by molar-refractivity contribution is 5.62. The first kappa shape index (κ1) is 11.5. The Morgan fingerprint density at radius 1 is 1.05 bits per heavy atom. The summed E-state index contributed by atoms with van der Waals surface area (Å²) in [7, 11) is 0. The van der Waals surface area contributed by atoms with Crippen molar-refractivity contribution in [2.24, 2.45) is 0 Å². The summed E-state index contributed by atoms with van der Waals surface area (Å²) in [6, 6.07) is 14.0. The predicted molar refractivity (Wildman–Crippen MR) is 71.7 cm³/mol. The number of nitrogens with two attached hydrogens (primary N) is 1. The van der Waals surface area contributed by atoms with Crippen LogP contribution in [0.4, 0.5) is 10.1 Å². The molecule has 2 N–H and O–H groups in total. The Bertz CT molecular complexity index is 707. The zero-order chi connectivity index (χ0) is 13.2. The van der Waals surface area contributed by atoms with E-state index in [0.717, 1.165) is 5.56 Å². The second kappa shape index (κ2) is 4.57. The number of benzene rings is 2. The number of oxazole rings is 1. The number of nitrogens with zero attached hydrogens (tertiary/aromatic N) is 1. The van der Waals surface area contributed by atoms with Crippen LogP contribution in [-0.4, -0.2) is 4.98 Å². The summed E-state index contributed by atoms with van der Waals surface area (Å²) < 4.78 is 19.4. The van der Waals surface area contributed by atoms with Crippen LogP contribution in [0, 0.1) is 5.82 Å². The number of hydrogen-bond donors (Lipinski definition) is 1. The second-order valence-corrected chi connectivity index (χ2v) is 4.13. The fraction of sp³-hybridized carbons (Fsp3) is 0. The third-order valence-electron chi connectivity index (χ3n) is 2.79. The number of hydrogen-bond acceptors (Lipinski definition) is 3. The molecule has 0 unspecified atom stereocenters. The van der Waals surface area contributed by atoms with Crippen LogP contribution in [0.1, 0.15) is 0 Å². The molecule has 0 saturated heterocycles. The number of aromatic nitrogens is 1. The van der Waals surface area contributed by atoms with Gasteiger partial charge in [-0.25, -0.2) is 9.37 Å². The van der Waals surface area contributed by atoms with E-state index in [9.17, 15) is 4.39 Å². The summed E-state index contributed by atoms with van der Waals surface area (Å²) in [6.45, 7) is 0. The molecule has 0 aliphatic carbocycles. The molecule has 3 rings (SSSR count). The minimum absolute atomic E-state index is 0.247. The lowest BCUT2D eigenvalue weighted by Gasteiger charge is -1.99. The van der Waals surface area contributed by atoms with E-state index in [1.54, 1.807) is 18.3 Å². The largest absolute Gasteiger partial charge is 0.436 e. The Morgan fingerprint density at radius 2 is 1.84 bits per heavy atom. The van der Waals surface area contributed by atoms with Crippen molar-refractivity contribution in [2.45, 2.75) is 0 Å². The number of halogens is 1. The van der Waals surface area contributed by atoms with Crippen LogP contribution in [0.25, 0.3) is 22.8 Å². The minimum atomic E-state index is -0.443. The number of anilines is 1. The maximum absolute atomic E-state index is 13.8. The van der Waals surface area contributed by atoms with Gasteiger partial charge >= 0.3 is 0 Å². The average Bonchev–Trinajstić information content (AvgIpc) is 2.89. The zero-order valence-electron chi connectivity index (χ0n) is 10.0. The van der Waals surface area contributed by atoms with Gasteiger partial charge in [-0.05, 0) is 18.2 Å². The maximum Gasteiger partial charge on any atom is 0.229 e. The van der Waals surface area contributed by atoms with Gasteiger partial charge in [-0.2, -0.15) is 0 Å². The van der Waals surface area contributed by atoms with Crippen molar-refractivity contribution in [1.29, 1.82) is 0 Å². The molecule has 0 atom stereocenters. The number of nitrogen functional groups attached to an aromatic ring is 1. The van der Waals surface area contributed by atoms with Crippen LogP contribution in [-0.2, 0) is 0 Å². The predicted octanol–water partition coefficient (Wildman–Crippen LogP) is 3.73. The van der Waals surface area contributed by atoms with Gasteiger partial charge in [0.05, 0.1) is 11.8 Å². The molecule has 0 saturated carbocycles. The minimum Gasteiger partial charge on any atom is -0.436 e. The second-order valence-electron chi connectivity index (χ2n) is 4.13. The molecule has 3 nitrogen and oxygen atoms in total. The summed E-state index contributed by atoms with van der Waals surface area (Å²) >= 11 is 0. The van der Waals surface area contributed by atoms with E-state index >= 15 is 0 Å². The molecule has 0 spiro atoms. The van der Waals surface area contributed by atoms with Gasteiger partial charge in [0.1, 0.15) is 5.82 Å². The van der Waals surface area contributed by atoms with E-state index in [4.69, 9.17) is 10.2 Å². The highest BCUT2D eigenvalue weighted by atomic mass is 19.1. The van der Waals surface area contributed by atoms with Crippen LogP contribution in [0.15, 0.2) is 59.1 Å². The zero-order valence-corrected chi connectivity index (χ0v) is 10.0. The summed E-state index contributed by atoms with van der Waals surface area (Å²) in [5.74, 6) is 0.407. The van der Waals surface area contributed by atoms with Crippen LogP contribution in [0.2, 0.25) is 0 Å². The molecule has 0 radical (unpaired) electrons. The Labute approximate surface area is 109 Å². The summed E-state index contributed by atoms with van der Waals surface area (Å²) in [6.07, 6.45) is 1.58. The fourth-order valence-corrected chi connectivity index (χ4v) is 1.84. The average molecular weight is 254 g/mol. The molecular formula is C15H11FN2O. The van der Waals surface area contributed by atoms with E-state index in [-0.39, 0.29) is 5.89 Å². The van der Waals surface area contributed by atoms with Crippen molar-refractivity contribution < 1.29 is 8.81 Å². The summed E-state index contributed by atoms with van der Waals surface area (Å²) in [5, 5.41) is 0. The fourth-order valence-electron chi connectivity index (χ4n) is 1.84. The normalized spacial score (nSPS) is 10.6. The van der Waals surface area contributed by atoms with E-state index in [1.807, 2.05) is 30.3 Å². The van der Waals surface area contributed by atoms with Crippen LogP contribution >= 0.6 is 0 Å². The Kier molecular flexibility index (Phi) is 2.76.